The van der Waals surface area contributed by atoms with Crippen LogP contribution in [0.15, 0.2) is 42.7 Å². The predicted octanol–water partition coefficient (Wildman–Crippen LogP) is 2.18. The lowest BCUT2D eigenvalue weighted by atomic mass is 10.1. The molecule has 1 N–H and O–H groups in total. The molecule has 4 rings (SSSR count). The Morgan fingerprint density at radius 1 is 1.16 bits per heavy atom. The quantitative estimate of drug-likeness (QED) is 0.778. The highest BCUT2D eigenvalue weighted by molar-refractivity contribution is 6.30. The number of hydrogen-bond donors (Lipinski definition) is 1. The maximum atomic E-state index is 12.2. The van der Waals surface area contributed by atoms with E-state index in [4.69, 9.17) is 11.6 Å². The van der Waals surface area contributed by atoms with E-state index in [1.54, 1.807) is 24.4 Å². The zero-order chi connectivity index (χ0) is 17.2. The van der Waals surface area contributed by atoms with Crippen LogP contribution in [0, 0.1) is 0 Å². The van der Waals surface area contributed by atoms with E-state index in [0.717, 1.165) is 37.5 Å². The minimum atomic E-state index is -0.126. The van der Waals surface area contributed by atoms with Gasteiger partial charge in [-0.25, -0.2) is 0 Å². The topological polar surface area (TPSA) is 75.4 Å². The fraction of sp³-hybridized carbons (Fsp3) is 0.294. The van der Waals surface area contributed by atoms with Gasteiger partial charge in [0.15, 0.2) is 5.65 Å². The Labute approximate surface area is 149 Å². The van der Waals surface area contributed by atoms with Gasteiger partial charge in [0.1, 0.15) is 5.69 Å². The first-order valence-electron chi connectivity index (χ1n) is 8.18. The van der Waals surface area contributed by atoms with Gasteiger partial charge in [0.2, 0.25) is 5.95 Å². The molecule has 7 nitrogen and oxygen atoms in total. The molecule has 1 fully saturated rings. The monoisotopic (exact) mass is 356 g/mol. The van der Waals surface area contributed by atoms with E-state index < -0.39 is 0 Å². The van der Waals surface area contributed by atoms with Crippen LogP contribution in [0.4, 0.5) is 5.95 Å². The number of hydrogen-bond acceptors (Lipinski definition) is 5. The largest absolute Gasteiger partial charge is 0.348 e. The van der Waals surface area contributed by atoms with Gasteiger partial charge in [0.05, 0.1) is 5.02 Å². The second-order valence-electron chi connectivity index (χ2n) is 6.03. The number of piperidine rings is 1. The van der Waals surface area contributed by atoms with Gasteiger partial charge in [0, 0.05) is 31.5 Å². The molecule has 25 heavy (non-hydrogen) atoms. The molecule has 0 saturated carbocycles. The number of aromatic nitrogens is 4. The summed E-state index contributed by atoms with van der Waals surface area (Å²) in [5.74, 6) is 0.658. The van der Waals surface area contributed by atoms with E-state index >= 15 is 0 Å². The lowest BCUT2D eigenvalue weighted by molar-refractivity contribution is 0.0926. The number of carbonyl (C=O) groups excluding carboxylic acids is 1. The van der Waals surface area contributed by atoms with Gasteiger partial charge in [0.25, 0.3) is 5.91 Å². The van der Waals surface area contributed by atoms with Crippen LogP contribution in [0.3, 0.4) is 0 Å². The smallest absolute Gasteiger partial charge is 0.270 e. The summed E-state index contributed by atoms with van der Waals surface area (Å²) in [6.07, 6.45) is 5.13. The Kier molecular flexibility index (Phi) is 4.23. The van der Waals surface area contributed by atoms with Crippen LogP contribution < -0.4 is 10.2 Å². The van der Waals surface area contributed by atoms with Crippen molar-refractivity contribution in [3.63, 3.8) is 0 Å². The van der Waals surface area contributed by atoms with Crippen LogP contribution in [0.2, 0.25) is 5.02 Å². The third kappa shape index (κ3) is 3.28. The highest BCUT2D eigenvalue weighted by Gasteiger charge is 2.24. The van der Waals surface area contributed by atoms with E-state index in [2.05, 4.69) is 25.4 Å². The Morgan fingerprint density at radius 3 is 2.76 bits per heavy atom. The molecule has 3 aromatic heterocycles. The third-order valence-corrected chi connectivity index (χ3v) is 4.58. The molecule has 3 aromatic rings. The fourth-order valence-electron chi connectivity index (χ4n) is 3.05. The first kappa shape index (κ1) is 15.8. The van der Waals surface area contributed by atoms with Crippen molar-refractivity contribution in [2.75, 3.05) is 18.0 Å². The molecule has 0 bridgehead atoms. The van der Waals surface area contributed by atoms with Gasteiger partial charge in [-0.3, -0.25) is 14.2 Å². The summed E-state index contributed by atoms with van der Waals surface area (Å²) in [7, 11) is 0. The van der Waals surface area contributed by atoms with Gasteiger partial charge in [-0.2, -0.15) is 0 Å². The number of fused-ring (bicyclic) bond motifs is 1. The number of amides is 1. The normalized spacial score (nSPS) is 15.5. The van der Waals surface area contributed by atoms with Crippen molar-refractivity contribution in [3.8, 4) is 0 Å². The molecule has 0 aliphatic carbocycles. The van der Waals surface area contributed by atoms with E-state index in [1.165, 1.54) is 0 Å². The van der Waals surface area contributed by atoms with Crippen LogP contribution in [-0.2, 0) is 0 Å². The molecule has 128 valence electrons. The van der Waals surface area contributed by atoms with E-state index in [9.17, 15) is 4.79 Å². The maximum Gasteiger partial charge on any atom is 0.270 e. The average molecular weight is 357 g/mol. The minimum absolute atomic E-state index is 0.126. The fourth-order valence-corrected chi connectivity index (χ4v) is 3.21. The summed E-state index contributed by atoms with van der Waals surface area (Å²) in [6.45, 7) is 1.58. The average Bonchev–Trinajstić information content (AvgIpc) is 3.06. The molecule has 1 amide bonds. The third-order valence-electron chi connectivity index (χ3n) is 4.36. The van der Waals surface area contributed by atoms with Crippen molar-refractivity contribution in [2.45, 2.75) is 18.9 Å². The highest BCUT2D eigenvalue weighted by atomic mass is 35.5. The summed E-state index contributed by atoms with van der Waals surface area (Å²) in [6, 6.07) is 9.11. The van der Waals surface area contributed by atoms with Crippen molar-refractivity contribution in [1.82, 2.24) is 24.9 Å². The van der Waals surface area contributed by atoms with Crippen LogP contribution in [0.1, 0.15) is 23.3 Å². The predicted molar refractivity (Wildman–Crippen MR) is 94.9 cm³/mol. The summed E-state index contributed by atoms with van der Waals surface area (Å²) < 4.78 is 1.90. The van der Waals surface area contributed by atoms with Gasteiger partial charge < -0.3 is 10.2 Å². The van der Waals surface area contributed by atoms with Crippen molar-refractivity contribution in [1.29, 1.82) is 0 Å². The van der Waals surface area contributed by atoms with Gasteiger partial charge in [-0.1, -0.05) is 17.7 Å². The summed E-state index contributed by atoms with van der Waals surface area (Å²) in [5.41, 5.74) is 1.22. The Hall–Kier alpha value is -2.67. The summed E-state index contributed by atoms with van der Waals surface area (Å²) >= 11 is 6.08. The molecule has 0 atom stereocenters. The van der Waals surface area contributed by atoms with Crippen molar-refractivity contribution in [3.05, 3.63) is 53.4 Å². The zero-order valence-corrected chi connectivity index (χ0v) is 14.2. The molecule has 0 radical (unpaired) electrons. The maximum absolute atomic E-state index is 12.2. The van der Waals surface area contributed by atoms with Gasteiger partial charge in [-0.15, -0.1) is 10.2 Å². The van der Waals surface area contributed by atoms with Crippen LogP contribution in [-0.4, -0.2) is 44.6 Å². The lowest BCUT2D eigenvalue weighted by Gasteiger charge is -2.32. The second-order valence-corrected chi connectivity index (χ2v) is 6.46. The molecule has 0 spiro atoms. The highest BCUT2D eigenvalue weighted by Crippen LogP contribution is 2.21. The Balaban J connectivity index is 1.41. The SMILES string of the molecule is O=C(NC1CCN(c2nnc3ccc(Cl)cn23)CC1)c1ccccn1. The standard InChI is InChI=1S/C17H17ClN6O/c18-12-4-5-15-21-22-17(24(15)11-12)23-9-6-13(7-10-23)20-16(25)14-3-1-2-8-19-14/h1-5,8,11,13H,6-7,9-10H2,(H,20,25). The Morgan fingerprint density at radius 2 is 2.00 bits per heavy atom. The molecule has 1 saturated heterocycles. The number of nitrogens with zero attached hydrogens (tertiary/aromatic N) is 5. The van der Waals surface area contributed by atoms with E-state index in [-0.39, 0.29) is 11.9 Å². The van der Waals surface area contributed by atoms with Gasteiger partial charge >= 0.3 is 0 Å². The zero-order valence-electron chi connectivity index (χ0n) is 13.5. The van der Waals surface area contributed by atoms with Crippen molar-refractivity contribution < 1.29 is 4.79 Å². The van der Waals surface area contributed by atoms with Crippen molar-refractivity contribution >= 4 is 29.1 Å². The van der Waals surface area contributed by atoms with Gasteiger partial charge in [-0.05, 0) is 37.1 Å². The number of nitrogens with one attached hydrogen (secondary N) is 1. The number of rotatable bonds is 3. The van der Waals surface area contributed by atoms with Crippen LogP contribution in [0.5, 0.6) is 0 Å². The number of carbonyl (C=O) groups is 1. The molecule has 8 heteroatoms. The first-order chi connectivity index (χ1) is 12.2. The first-order valence-corrected chi connectivity index (χ1v) is 8.55. The van der Waals surface area contributed by atoms with Crippen LogP contribution in [0.25, 0.3) is 5.65 Å². The molecule has 0 unspecified atom stereocenters. The molecule has 1 aliphatic rings. The number of halogens is 1. The number of anilines is 1. The van der Waals surface area contributed by atoms with Crippen LogP contribution >= 0.6 is 11.6 Å². The van der Waals surface area contributed by atoms with E-state index in [1.807, 2.05) is 22.7 Å². The van der Waals surface area contributed by atoms with Crippen molar-refractivity contribution in [2.24, 2.45) is 0 Å². The minimum Gasteiger partial charge on any atom is -0.348 e. The molecule has 1 aliphatic heterocycles. The summed E-state index contributed by atoms with van der Waals surface area (Å²) in [5, 5.41) is 12.2. The molecule has 4 heterocycles. The van der Waals surface area contributed by atoms with E-state index in [0.29, 0.717) is 10.7 Å². The molecular formula is C17H17ClN6O. The number of pyridine rings is 2. The summed E-state index contributed by atoms with van der Waals surface area (Å²) in [4.78, 5) is 18.5. The molecule has 0 aromatic carbocycles. The Bertz CT molecular complexity index is 889. The molecular weight excluding hydrogens is 340 g/mol. The second kappa shape index (κ2) is 6.68. The lowest BCUT2D eigenvalue weighted by Crippen LogP contribution is -2.45.